The van der Waals surface area contributed by atoms with Crippen LogP contribution in [0.5, 0.6) is 0 Å². The molecule has 5 N–H and O–H groups in total. The van der Waals surface area contributed by atoms with Gasteiger partial charge in [0.2, 0.25) is 0 Å². The fourth-order valence-electron chi connectivity index (χ4n) is 7.69. The SMILES string of the molecule is C=C[C@@]1(C)CCC2C(C1)[C@H](O)C[C@H]1[C@@](C)(CO[C@@H]3O[C@H](CO)[C@@H](O)[C@@H](O)[C@@H]3O)C(=O)CC[C@]21C. The average molecular weight is 483 g/mol. The van der Waals surface area contributed by atoms with Crippen molar-refractivity contribution < 1.29 is 39.8 Å². The molecule has 3 aliphatic carbocycles. The number of aliphatic hydroxyl groups excluding tert-OH is 5. The summed E-state index contributed by atoms with van der Waals surface area (Å²) in [6, 6.07) is 0. The number of Topliss-reactive ketones (excluding diaryl/α,β-unsaturated/α-hetero) is 1. The molecule has 0 radical (unpaired) electrons. The first kappa shape index (κ1) is 26.2. The van der Waals surface area contributed by atoms with E-state index in [1.54, 1.807) is 0 Å². The van der Waals surface area contributed by atoms with E-state index < -0.39 is 48.8 Å². The lowest BCUT2D eigenvalue weighted by Gasteiger charge is -2.63. The lowest BCUT2D eigenvalue weighted by molar-refractivity contribution is -0.308. The first-order chi connectivity index (χ1) is 15.9. The third kappa shape index (κ3) is 4.09. The number of rotatable bonds is 5. The zero-order chi connectivity index (χ0) is 25.1. The first-order valence-corrected chi connectivity index (χ1v) is 12.7. The predicted octanol–water partition coefficient (Wildman–Crippen LogP) is 1.17. The number of hydrogen-bond donors (Lipinski definition) is 5. The Bertz CT molecular complexity index is 787. The second-order valence-electron chi connectivity index (χ2n) is 12.1. The van der Waals surface area contributed by atoms with Crippen molar-refractivity contribution in [1.82, 2.24) is 0 Å². The Kier molecular flexibility index (Phi) is 7.10. The minimum atomic E-state index is -1.53. The van der Waals surface area contributed by atoms with Crippen LogP contribution < -0.4 is 0 Å². The molecule has 0 aromatic rings. The number of ketones is 1. The van der Waals surface area contributed by atoms with Crippen molar-refractivity contribution in [1.29, 1.82) is 0 Å². The highest BCUT2D eigenvalue weighted by atomic mass is 16.7. The monoisotopic (exact) mass is 482 g/mol. The van der Waals surface area contributed by atoms with Gasteiger partial charge in [-0.3, -0.25) is 4.79 Å². The van der Waals surface area contributed by atoms with E-state index in [-0.39, 0.29) is 35.1 Å². The van der Waals surface area contributed by atoms with Crippen molar-refractivity contribution in [2.75, 3.05) is 13.2 Å². The Labute approximate surface area is 202 Å². The molecule has 0 aromatic carbocycles. The molecule has 0 bridgehead atoms. The van der Waals surface area contributed by atoms with Gasteiger partial charge in [0, 0.05) is 6.42 Å². The number of fused-ring (bicyclic) bond motifs is 3. The van der Waals surface area contributed by atoms with E-state index in [2.05, 4.69) is 20.4 Å². The topological polar surface area (TPSA) is 137 Å². The zero-order valence-corrected chi connectivity index (χ0v) is 20.6. The summed E-state index contributed by atoms with van der Waals surface area (Å²) in [5.41, 5.74) is -1.00. The first-order valence-electron chi connectivity index (χ1n) is 12.7. The third-order valence-electron chi connectivity index (χ3n) is 10.0. The summed E-state index contributed by atoms with van der Waals surface area (Å²) in [4.78, 5) is 13.3. The lowest BCUT2D eigenvalue weighted by Crippen LogP contribution is -2.63. The van der Waals surface area contributed by atoms with E-state index in [0.717, 1.165) is 25.7 Å². The highest BCUT2D eigenvalue weighted by Gasteiger charge is 2.62. The van der Waals surface area contributed by atoms with Crippen LogP contribution in [-0.4, -0.2) is 81.3 Å². The summed E-state index contributed by atoms with van der Waals surface area (Å²) in [5, 5.41) is 51.2. The number of allylic oxidation sites excluding steroid dienone is 1. The van der Waals surface area contributed by atoms with Crippen molar-refractivity contribution in [3.63, 3.8) is 0 Å². The molecule has 2 unspecified atom stereocenters. The van der Waals surface area contributed by atoms with Crippen LogP contribution in [-0.2, 0) is 14.3 Å². The number of carbonyl (C=O) groups excluding carboxylic acids is 1. The number of carbonyl (C=O) groups is 1. The standard InChI is InChI=1S/C26H42O8/c1-5-24(2)8-6-15-14(11-24)16(28)10-18-25(15,3)9-7-19(29)26(18,4)13-33-23-22(32)21(31)20(30)17(12-27)34-23/h5,14-18,20-23,27-28,30-32H,1,6-13H2,2-4H3/t14?,15?,16-,17-,18-,20-,21-,22+,23-,24+,25-,26-/m1/s1. The van der Waals surface area contributed by atoms with Gasteiger partial charge in [0.25, 0.3) is 0 Å². The molecule has 1 heterocycles. The maximum absolute atomic E-state index is 13.3. The Balaban J connectivity index is 1.55. The van der Waals surface area contributed by atoms with Crippen LogP contribution >= 0.6 is 0 Å². The zero-order valence-electron chi connectivity index (χ0n) is 20.6. The van der Waals surface area contributed by atoms with Gasteiger partial charge in [0.1, 0.15) is 30.2 Å². The van der Waals surface area contributed by atoms with Crippen LogP contribution in [0.25, 0.3) is 0 Å². The minimum Gasteiger partial charge on any atom is -0.394 e. The number of aliphatic hydroxyl groups is 5. The summed E-state index contributed by atoms with van der Waals surface area (Å²) in [5.74, 6) is 0.434. The molecule has 34 heavy (non-hydrogen) atoms. The van der Waals surface area contributed by atoms with Crippen LogP contribution in [0.2, 0.25) is 0 Å². The van der Waals surface area contributed by atoms with Crippen molar-refractivity contribution in [3.05, 3.63) is 12.7 Å². The second kappa shape index (κ2) is 9.21. The van der Waals surface area contributed by atoms with Gasteiger partial charge in [-0.25, -0.2) is 0 Å². The molecule has 1 saturated heterocycles. The van der Waals surface area contributed by atoms with E-state index in [4.69, 9.17) is 9.47 Å². The van der Waals surface area contributed by atoms with Gasteiger partial charge in [-0.05, 0) is 60.7 Å². The van der Waals surface area contributed by atoms with Gasteiger partial charge < -0.3 is 35.0 Å². The molecule has 4 fully saturated rings. The molecule has 8 heteroatoms. The normalized spacial score (nSPS) is 53.6. The van der Waals surface area contributed by atoms with Crippen molar-refractivity contribution in [2.45, 2.75) is 96.1 Å². The Morgan fingerprint density at radius 3 is 2.47 bits per heavy atom. The Morgan fingerprint density at radius 2 is 1.82 bits per heavy atom. The summed E-state index contributed by atoms with van der Waals surface area (Å²) < 4.78 is 11.4. The van der Waals surface area contributed by atoms with E-state index in [0.29, 0.717) is 18.8 Å². The number of hydrogen-bond acceptors (Lipinski definition) is 8. The maximum atomic E-state index is 13.3. The molecule has 194 valence electrons. The van der Waals surface area contributed by atoms with Crippen molar-refractivity contribution >= 4 is 5.78 Å². The third-order valence-corrected chi connectivity index (χ3v) is 10.0. The van der Waals surface area contributed by atoms with Gasteiger partial charge >= 0.3 is 0 Å². The van der Waals surface area contributed by atoms with E-state index >= 15 is 0 Å². The van der Waals surface area contributed by atoms with Gasteiger partial charge in [-0.1, -0.05) is 26.8 Å². The molecule has 8 nitrogen and oxygen atoms in total. The van der Waals surface area contributed by atoms with Crippen LogP contribution in [0, 0.1) is 34.0 Å². The van der Waals surface area contributed by atoms with E-state index in [9.17, 15) is 30.3 Å². The average Bonchev–Trinajstić information content (AvgIpc) is 2.82. The fraction of sp³-hybridized carbons (Fsp3) is 0.885. The molecule has 4 rings (SSSR count). The highest BCUT2D eigenvalue weighted by Crippen LogP contribution is 2.64. The molecule has 4 aliphatic rings. The largest absolute Gasteiger partial charge is 0.394 e. The van der Waals surface area contributed by atoms with Gasteiger partial charge in [-0.15, -0.1) is 6.58 Å². The highest BCUT2D eigenvalue weighted by molar-refractivity contribution is 5.86. The van der Waals surface area contributed by atoms with Gasteiger partial charge in [0.05, 0.1) is 24.7 Å². The summed E-state index contributed by atoms with van der Waals surface area (Å²) in [6.07, 6.45) is -0.738. The molecular weight excluding hydrogens is 440 g/mol. The van der Waals surface area contributed by atoms with Crippen LogP contribution in [0.4, 0.5) is 0 Å². The molecule has 0 amide bonds. The quantitative estimate of drug-likeness (QED) is 0.368. The maximum Gasteiger partial charge on any atom is 0.186 e. The predicted molar refractivity (Wildman–Crippen MR) is 123 cm³/mol. The molecular formula is C26H42O8. The fourth-order valence-corrected chi connectivity index (χ4v) is 7.69. The summed E-state index contributed by atoms with van der Waals surface area (Å²) >= 11 is 0. The Morgan fingerprint density at radius 1 is 1.12 bits per heavy atom. The Hall–Kier alpha value is -0.870. The molecule has 12 atom stereocenters. The van der Waals surface area contributed by atoms with Crippen molar-refractivity contribution in [3.8, 4) is 0 Å². The van der Waals surface area contributed by atoms with Crippen molar-refractivity contribution in [2.24, 2.45) is 34.0 Å². The lowest BCUT2D eigenvalue weighted by atomic mass is 9.42. The summed E-state index contributed by atoms with van der Waals surface area (Å²) in [6.45, 7) is 9.79. The van der Waals surface area contributed by atoms with Gasteiger partial charge in [-0.2, -0.15) is 0 Å². The van der Waals surface area contributed by atoms with E-state index in [1.165, 1.54) is 0 Å². The summed E-state index contributed by atoms with van der Waals surface area (Å²) in [7, 11) is 0. The van der Waals surface area contributed by atoms with Crippen LogP contribution in [0.3, 0.4) is 0 Å². The minimum absolute atomic E-state index is 0.0192. The van der Waals surface area contributed by atoms with Crippen LogP contribution in [0.1, 0.15) is 59.3 Å². The molecule has 3 saturated carbocycles. The van der Waals surface area contributed by atoms with Crippen LogP contribution in [0.15, 0.2) is 12.7 Å². The molecule has 0 spiro atoms. The number of ether oxygens (including phenoxy) is 2. The van der Waals surface area contributed by atoms with E-state index in [1.807, 2.05) is 13.0 Å². The second-order valence-corrected chi connectivity index (χ2v) is 12.1. The molecule has 1 aliphatic heterocycles. The molecule has 0 aromatic heterocycles. The van der Waals surface area contributed by atoms with Gasteiger partial charge in [0.15, 0.2) is 6.29 Å². The smallest absolute Gasteiger partial charge is 0.186 e.